The third-order valence-corrected chi connectivity index (χ3v) is 3.76. The standard InChI is InChI=1S/C15H20N6O/c1-11-6-15(18-10-17-11)16-8-13-7-14-9-20(12(2)22)4-3-5-21(14)19-13/h6-7,10H,3-5,8-9H2,1-2H3,(H,16,17,18). The highest BCUT2D eigenvalue weighted by Gasteiger charge is 2.18. The Morgan fingerprint density at radius 1 is 1.32 bits per heavy atom. The van der Waals surface area contributed by atoms with Gasteiger partial charge in [-0.3, -0.25) is 9.48 Å². The van der Waals surface area contributed by atoms with Gasteiger partial charge in [0.05, 0.1) is 24.5 Å². The predicted molar refractivity (Wildman–Crippen MR) is 82.0 cm³/mol. The molecule has 0 unspecified atom stereocenters. The highest BCUT2D eigenvalue weighted by atomic mass is 16.2. The molecule has 0 spiro atoms. The summed E-state index contributed by atoms with van der Waals surface area (Å²) in [5, 5.41) is 7.87. The van der Waals surface area contributed by atoms with Crippen LogP contribution >= 0.6 is 0 Å². The summed E-state index contributed by atoms with van der Waals surface area (Å²) >= 11 is 0. The van der Waals surface area contributed by atoms with Gasteiger partial charge in [0, 0.05) is 31.8 Å². The molecule has 0 saturated carbocycles. The molecule has 1 N–H and O–H groups in total. The molecular formula is C15H20N6O. The molecule has 0 aromatic carbocycles. The molecule has 0 bridgehead atoms. The van der Waals surface area contributed by atoms with E-state index in [9.17, 15) is 4.79 Å². The van der Waals surface area contributed by atoms with Crippen LogP contribution in [0.4, 0.5) is 5.82 Å². The molecule has 0 fully saturated rings. The maximum atomic E-state index is 11.6. The molecule has 1 aliphatic rings. The molecule has 3 heterocycles. The van der Waals surface area contributed by atoms with Crippen molar-refractivity contribution >= 4 is 11.7 Å². The SMILES string of the molecule is CC(=O)N1CCCn2nc(CNc3cc(C)ncn3)cc2C1. The normalized spacial score (nSPS) is 14.4. The van der Waals surface area contributed by atoms with Crippen molar-refractivity contribution in [3.05, 3.63) is 35.5 Å². The van der Waals surface area contributed by atoms with Crippen LogP contribution in [0.3, 0.4) is 0 Å². The summed E-state index contributed by atoms with van der Waals surface area (Å²) in [6.45, 7) is 6.44. The van der Waals surface area contributed by atoms with Crippen LogP contribution in [0.1, 0.15) is 30.4 Å². The summed E-state index contributed by atoms with van der Waals surface area (Å²) < 4.78 is 2.01. The number of anilines is 1. The lowest BCUT2D eigenvalue weighted by Crippen LogP contribution is -2.28. The van der Waals surface area contributed by atoms with Gasteiger partial charge in [-0.05, 0) is 19.4 Å². The van der Waals surface area contributed by atoms with Gasteiger partial charge >= 0.3 is 0 Å². The predicted octanol–water partition coefficient (Wildman–Crippen LogP) is 1.35. The zero-order valence-electron chi connectivity index (χ0n) is 12.9. The van der Waals surface area contributed by atoms with Gasteiger partial charge in [-0.15, -0.1) is 0 Å². The summed E-state index contributed by atoms with van der Waals surface area (Å²) in [5.74, 6) is 0.909. The smallest absolute Gasteiger partial charge is 0.219 e. The molecule has 1 amide bonds. The number of fused-ring (bicyclic) bond motifs is 1. The number of amides is 1. The van der Waals surface area contributed by atoms with Gasteiger partial charge in [0.25, 0.3) is 0 Å². The molecule has 2 aromatic rings. The number of rotatable bonds is 3. The Hall–Kier alpha value is -2.44. The van der Waals surface area contributed by atoms with Gasteiger partial charge in [0.1, 0.15) is 12.1 Å². The van der Waals surface area contributed by atoms with Crippen molar-refractivity contribution < 1.29 is 4.79 Å². The average molecular weight is 300 g/mol. The second-order valence-electron chi connectivity index (χ2n) is 5.54. The lowest BCUT2D eigenvalue weighted by atomic mass is 10.3. The summed E-state index contributed by atoms with van der Waals surface area (Å²) in [6.07, 6.45) is 2.48. The Morgan fingerprint density at radius 3 is 2.95 bits per heavy atom. The van der Waals surface area contributed by atoms with Gasteiger partial charge in [-0.2, -0.15) is 5.10 Å². The van der Waals surface area contributed by atoms with Crippen LogP contribution in [0.2, 0.25) is 0 Å². The molecule has 22 heavy (non-hydrogen) atoms. The first kappa shape index (κ1) is 14.5. The maximum absolute atomic E-state index is 11.6. The van der Waals surface area contributed by atoms with Crippen LogP contribution < -0.4 is 5.32 Å². The van der Waals surface area contributed by atoms with E-state index in [4.69, 9.17) is 0 Å². The largest absolute Gasteiger partial charge is 0.364 e. The fraction of sp³-hybridized carbons (Fsp3) is 0.467. The lowest BCUT2D eigenvalue weighted by Gasteiger charge is -2.17. The number of nitrogens with one attached hydrogen (secondary N) is 1. The van der Waals surface area contributed by atoms with E-state index in [1.807, 2.05) is 22.6 Å². The minimum absolute atomic E-state index is 0.116. The van der Waals surface area contributed by atoms with E-state index in [0.29, 0.717) is 13.1 Å². The van der Waals surface area contributed by atoms with E-state index in [1.54, 1.807) is 13.3 Å². The highest BCUT2D eigenvalue weighted by Crippen LogP contribution is 2.15. The first-order valence-electron chi connectivity index (χ1n) is 7.45. The molecule has 0 aliphatic carbocycles. The lowest BCUT2D eigenvalue weighted by molar-refractivity contribution is -0.129. The molecule has 116 valence electrons. The Morgan fingerprint density at radius 2 is 2.18 bits per heavy atom. The summed E-state index contributed by atoms with van der Waals surface area (Å²) in [4.78, 5) is 21.7. The summed E-state index contributed by atoms with van der Waals surface area (Å²) in [6, 6.07) is 3.96. The first-order valence-corrected chi connectivity index (χ1v) is 7.45. The molecule has 3 rings (SSSR count). The van der Waals surface area contributed by atoms with E-state index in [0.717, 1.165) is 42.4 Å². The molecule has 0 atom stereocenters. The Balaban J connectivity index is 1.69. The van der Waals surface area contributed by atoms with Crippen molar-refractivity contribution in [3.63, 3.8) is 0 Å². The van der Waals surface area contributed by atoms with Crippen molar-refractivity contribution in [2.45, 2.75) is 39.9 Å². The third kappa shape index (κ3) is 3.24. The fourth-order valence-corrected chi connectivity index (χ4v) is 2.61. The van der Waals surface area contributed by atoms with E-state index in [1.165, 1.54) is 0 Å². The maximum Gasteiger partial charge on any atom is 0.219 e. The van der Waals surface area contributed by atoms with E-state index < -0.39 is 0 Å². The number of hydrogen-bond donors (Lipinski definition) is 1. The monoisotopic (exact) mass is 300 g/mol. The van der Waals surface area contributed by atoms with Crippen LogP contribution in [-0.2, 0) is 24.4 Å². The molecule has 7 nitrogen and oxygen atoms in total. The average Bonchev–Trinajstić information content (AvgIpc) is 2.75. The quantitative estimate of drug-likeness (QED) is 0.926. The van der Waals surface area contributed by atoms with Gasteiger partial charge in [-0.25, -0.2) is 9.97 Å². The van der Waals surface area contributed by atoms with Crippen molar-refractivity contribution in [1.29, 1.82) is 0 Å². The topological polar surface area (TPSA) is 75.9 Å². The van der Waals surface area contributed by atoms with Gasteiger partial charge in [0.2, 0.25) is 5.91 Å². The first-order chi connectivity index (χ1) is 10.6. The minimum Gasteiger partial charge on any atom is -0.364 e. The molecule has 1 aliphatic heterocycles. The molecule has 0 saturated heterocycles. The van der Waals surface area contributed by atoms with Crippen LogP contribution in [0.5, 0.6) is 0 Å². The fourth-order valence-electron chi connectivity index (χ4n) is 2.61. The Labute approximate surface area is 129 Å². The number of aryl methyl sites for hydroxylation is 2. The zero-order chi connectivity index (χ0) is 15.5. The van der Waals surface area contributed by atoms with Crippen molar-refractivity contribution in [1.82, 2.24) is 24.6 Å². The van der Waals surface area contributed by atoms with Crippen molar-refractivity contribution in [2.24, 2.45) is 0 Å². The molecule has 2 aromatic heterocycles. The zero-order valence-corrected chi connectivity index (χ0v) is 12.9. The van der Waals surface area contributed by atoms with E-state index in [2.05, 4.69) is 26.4 Å². The number of aromatic nitrogens is 4. The highest BCUT2D eigenvalue weighted by molar-refractivity contribution is 5.73. The van der Waals surface area contributed by atoms with Crippen LogP contribution in [0.15, 0.2) is 18.5 Å². The number of carbonyl (C=O) groups is 1. The number of nitrogens with zero attached hydrogens (tertiary/aromatic N) is 5. The molecular weight excluding hydrogens is 280 g/mol. The van der Waals surface area contributed by atoms with Crippen molar-refractivity contribution in [2.75, 3.05) is 11.9 Å². The Kier molecular flexibility index (Phi) is 4.04. The van der Waals surface area contributed by atoms with Gasteiger partial charge in [-0.1, -0.05) is 0 Å². The summed E-state index contributed by atoms with van der Waals surface area (Å²) in [5.41, 5.74) is 2.97. The second-order valence-corrected chi connectivity index (χ2v) is 5.54. The van der Waals surface area contributed by atoms with Gasteiger partial charge < -0.3 is 10.2 Å². The van der Waals surface area contributed by atoms with Crippen LogP contribution in [-0.4, -0.2) is 37.1 Å². The van der Waals surface area contributed by atoms with Crippen molar-refractivity contribution in [3.8, 4) is 0 Å². The van der Waals surface area contributed by atoms with Crippen LogP contribution in [0.25, 0.3) is 0 Å². The van der Waals surface area contributed by atoms with Gasteiger partial charge in [0.15, 0.2) is 0 Å². The summed E-state index contributed by atoms with van der Waals surface area (Å²) in [7, 11) is 0. The van der Waals surface area contributed by atoms with E-state index >= 15 is 0 Å². The van der Waals surface area contributed by atoms with Crippen LogP contribution in [0, 0.1) is 6.92 Å². The van der Waals surface area contributed by atoms with E-state index in [-0.39, 0.29) is 5.91 Å². The number of carbonyl (C=O) groups excluding carboxylic acids is 1. The molecule has 7 heteroatoms. The Bertz CT molecular complexity index is 680. The third-order valence-electron chi connectivity index (χ3n) is 3.76. The second kappa shape index (κ2) is 6.13. The minimum atomic E-state index is 0.116. The number of hydrogen-bond acceptors (Lipinski definition) is 5. The molecule has 0 radical (unpaired) electrons.